The Bertz CT molecular complexity index is 741. The van der Waals surface area contributed by atoms with E-state index in [4.69, 9.17) is 0 Å². The number of methoxy groups -OCH3 is 2. The molecule has 1 heterocycles. The molecule has 1 saturated heterocycles. The largest absolute Gasteiger partial charge is 0.465 e. The first-order chi connectivity index (χ1) is 11.9. The van der Waals surface area contributed by atoms with E-state index in [1.165, 1.54) is 19.2 Å². The summed E-state index contributed by atoms with van der Waals surface area (Å²) in [6.45, 7) is 1.91. The Morgan fingerprint density at radius 1 is 1.24 bits per heavy atom. The van der Waals surface area contributed by atoms with Gasteiger partial charge in [-0.3, -0.25) is 0 Å². The molecule has 0 amide bonds. The van der Waals surface area contributed by atoms with E-state index in [0.29, 0.717) is 0 Å². The zero-order valence-corrected chi connectivity index (χ0v) is 15.0. The number of piperidine rings is 1. The van der Waals surface area contributed by atoms with Crippen LogP contribution in [0.25, 0.3) is 0 Å². The Labute approximate surface area is 146 Å². The molecule has 1 aliphatic heterocycles. The zero-order chi connectivity index (χ0) is 18.4. The Balaban J connectivity index is 2.31. The van der Waals surface area contributed by atoms with Gasteiger partial charge < -0.3 is 14.8 Å². The maximum atomic E-state index is 12.7. The predicted molar refractivity (Wildman–Crippen MR) is 89.9 cm³/mol. The molecule has 8 nitrogen and oxygen atoms in total. The number of carbonyl (C=O) groups is 2. The van der Waals surface area contributed by atoms with Crippen molar-refractivity contribution in [3.05, 3.63) is 29.3 Å². The van der Waals surface area contributed by atoms with Crippen molar-refractivity contribution in [1.29, 1.82) is 0 Å². The van der Waals surface area contributed by atoms with Crippen molar-refractivity contribution < 1.29 is 27.5 Å². The van der Waals surface area contributed by atoms with E-state index in [1.54, 1.807) is 0 Å². The van der Waals surface area contributed by atoms with E-state index < -0.39 is 22.0 Å². The van der Waals surface area contributed by atoms with Crippen LogP contribution in [0.15, 0.2) is 23.1 Å². The van der Waals surface area contributed by atoms with Gasteiger partial charge >= 0.3 is 11.9 Å². The first kappa shape index (κ1) is 19.4. The van der Waals surface area contributed by atoms with Crippen LogP contribution in [0.5, 0.6) is 0 Å². The Morgan fingerprint density at radius 3 is 2.56 bits per heavy atom. The lowest BCUT2D eigenvalue weighted by Gasteiger charge is -2.23. The number of carbonyl (C=O) groups excluding carboxylic acids is 2. The van der Waals surface area contributed by atoms with E-state index in [9.17, 15) is 18.0 Å². The zero-order valence-electron chi connectivity index (χ0n) is 14.2. The minimum absolute atomic E-state index is 0.0369. The van der Waals surface area contributed by atoms with Crippen molar-refractivity contribution in [3.63, 3.8) is 0 Å². The number of rotatable bonds is 6. The van der Waals surface area contributed by atoms with E-state index >= 15 is 0 Å². The summed E-state index contributed by atoms with van der Waals surface area (Å²) >= 11 is 0. The normalized spacial score (nSPS) is 17.8. The summed E-state index contributed by atoms with van der Waals surface area (Å²) in [5.74, 6) is -1.31. The van der Waals surface area contributed by atoms with Crippen molar-refractivity contribution in [2.24, 2.45) is 5.92 Å². The van der Waals surface area contributed by atoms with Gasteiger partial charge in [-0.15, -0.1) is 0 Å². The molecular weight excluding hydrogens is 348 g/mol. The predicted octanol–water partition coefficient (Wildman–Crippen LogP) is 0.538. The van der Waals surface area contributed by atoms with Crippen molar-refractivity contribution in [2.45, 2.75) is 17.7 Å². The van der Waals surface area contributed by atoms with Crippen LogP contribution in [-0.4, -0.2) is 54.2 Å². The standard InChI is InChI=1S/C16H22N2O6S/c1-23-15(19)12-5-6-13(16(20)24-2)14(8-12)25(21,22)18-10-11-4-3-7-17-9-11/h5-6,8,11,17-18H,3-4,7,9-10H2,1-2H3. The minimum Gasteiger partial charge on any atom is -0.465 e. The molecule has 1 fully saturated rings. The summed E-state index contributed by atoms with van der Waals surface area (Å²) in [6, 6.07) is 3.69. The molecule has 1 aromatic carbocycles. The van der Waals surface area contributed by atoms with Crippen LogP contribution in [0.1, 0.15) is 33.6 Å². The highest BCUT2D eigenvalue weighted by molar-refractivity contribution is 7.89. The fourth-order valence-electron chi connectivity index (χ4n) is 2.67. The van der Waals surface area contributed by atoms with E-state index in [-0.39, 0.29) is 28.5 Å². The maximum absolute atomic E-state index is 12.7. The Kier molecular flexibility index (Phi) is 6.51. The van der Waals surface area contributed by atoms with Gasteiger partial charge in [-0.05, 0) is 50.0 Å². The van der Waals surface area contributed by atoms with Crippen LogP contribution < -0.4 is 10.0 Å². The first-order valence-electron chi connectivity index (χ1n) is 7.90. The summed E-state index contributed by atoms with van der Waals surface area (Å²) in [5.41, 5.74) is -0.0979. The first-order valence-corrected chi connectivity index (χ1v) is 9.38. The van der Waals surface area contributed by atoms with Gasteiger partial charge in [0.1, 0.15) is 0 Å². The molecule has 1 aliphatic rings. The summed E-state index contributed by atoms with van der Waals surface area (Å²) in [6.07, 6.45) is 1.90. The highest BCUT2D eigenvalue weighted by Gasteiger charge is 2.26. The van der Waals surface area contributed by atoms with Crippen LogP contribution >= 0.6 is 0 Å². The molecule has 25 heavy (non-hydrogen) atoms. The fourth-order valence-corrected chi connectivity index (χ4v) is 4.01. The maximum Gasteiger partial charge on any atom is 0.339 e. The van der Waals surface area contributed by atoms with Gasteiger partial charge in [0, 0.05) is 6.54 Å². The van der Waals surface area contributed by atoms with E-state index in [0.717, 1.165) is 39.1 Å². The van der Waals surface area contributed by atoms with Gasteiger partial charge in [-0.2, -0.15) is 0 Å². The molecule has 1 atom stereocenters. The quantitative estimate of drug-likeness (QED) is 0.703. The number of hydrogen-bond acceptors (Lipinski definition) is 7. The van der Waals surface area contributed by atoms with Crippen LogP contribution in [-0.2, 0) is 19.5 Å². The lowest BCUT2D eigenvalue weighted by molar-refractivity contribution is 0.0583. The second-order valence-electron chi connectivity index (χ2n) is 5.76. The van der Waals surface area contributed by atoms with E-state index in [1.807, 2.05) is 0 Å². The molecule has 0 aliphatic carbocycles. The molecule has 0 spiro atoms. The molecule has 1 aromatic rings. The molecule has 9 heteroatoms. The van der Waals surface area contributed by atoms with Gasteiger partial charge in [0.05, 0.1) is 30.2 Å². The van der Waals surface area contributed by atoms with Crippen molar-refractivity contribution in [1.82, 2.24) is 10.0 Å². The van der Waals surface area contributed by atoms with Gasteiger partial charge in [-0.1, -0.05) is 0 Å². The summed E-state index contributed by atoms with van der Waals surface area (Å²) in [4.78, 5) is 23.3. The average molecular weight is 370 g/mol. The van der Waals surface area contributed by atoms with Gasteiger partial charge in [0.25, 0.3) is 0 Å². The molecule has 0 saturated carbocycles. The Morgan fingerprint density at radius 2 is 1.96 bits per heavy atom. The monoisotopic (exact) mass is 370 g/mol. The molecule has 138 valence electrons. The lowest BCUT2D eigenvalue weighted by Crippen LogP contribution is -2.38. The second kappa shape index (κ2) is 8.41. The summed E-state index contributed by atoms with van der Waals surface area (Å²) < 4.78 is 37.1. The molecule has 2 N–H and O–H groups in total. The number of esters is 2. The molecule has 1 unspecified atom stereocenters. The molecule has 2 rings (SSSR count). The molecule has 0 aromatic heterocycles. The smallest absolute Gasteiger partial charge is 0.339 e. The van der Waals surface area contributed by atoms with Gasteiger partial charge in [0.15, 0.2) is 0 Å². The number of nitrogens with one attached hydrogen (secondary N) is 2. The van der Waals surface area contributed by atoms with Crippen molar-refractivity contribution in [3.8, 4) is 0 Å². The molecular formula is C16H22N2O6S. The third kappa shape index (κ3) is 4.77. The van der Waals surface area contributed by atoms with Gasteiger partial charge in [0.2, 0.25) is 10.0 Å². The molecule has 0 radical (unpaired) electrons. The fraction of sp³-hybridized carbons (Fsp3) is 0.500. The van der Waals surface area contributed by atoms with Crippen molar-refractivity contribution >= 4 is 22.0 Å². The van der Waals surface area contributed by atoms with Crippen LogP contribution in [0, 0.1) is 5.92 Å². The topological polar surface area (TPSA) is 111 Å². The summed E-state index contributed by atoms with van der Waals surface area (Å²) in [7, 11) is -1.64. The van der Waals surface area contributed by atoms with E-state index in [2.05, 4.69) is 19.5 Å². The van der Waals surface area contributed by atoms with Crippen molar-refractivity contribution in [2.75, 3.05) is 33.9 Å². The summed E-state index contributed by atoms with van der Waals surface area (Å²) in [5, 5.41) is 3.21. The third-order valence-electron chi connectivity index (χ3n) is 4.06. The average Bonchev–Trinajstić information content (AvgIpc) is 2.65. The third-order valence-corrected chi connectivity index (χ3v) is 5.52. The second-order valence-corrected chi connectivity index (χ2v) is 7.49. The van der Waals surface area contributed by atoms with Gasteiger partial charge in [-0.25, -0.2) is 22.7 Å². The van der Waals surface area contributed by atoms with Crippen LogP contribution in [0.3, 0.4) is 0 Å². The number of ether oxygens (including phenoxy) is 2. The minimum atomic E-state index is -4.00. The highest BCUT2D eigenvalue weighted by Crippen LogP contribution is 2.20. The number of sulfonamides is 1. The highest BCUT2D eigenvalue weighted by atomic mass is 32.2. The Hall–Kier alpha value is -1.97. The molecule has 0 bridgehead atoms. The number of hydrogen-bond donors (Lipinski definition) is 2. The number of benzene rings is 1. The van der Waals surface area contributed by atoms with Crippen LogP contribution in [0.2, 0.25) is 0 Å². The SMILES string of the molecule is COC(=O)c1ccc(C(=O)OC)c(S(=O)(=O)NCC2CCCNC2)c1. The van der Waals surface area contributed by atoms with Crippen LogP contribution in [0.4, 0.5) is 0 Å². The lowest BCUT2D eigenvalue weighted by atomic mass is 10.0.